The van der Waals surface area contributed by atoms with Gasteiger partial charge in [-0.2, -0.15) is 0 Å². The van der Waals surface area contributed by atoms with Gasteiger partial charge in [-0.3, -0.25) is 0 Å². The van der Waals surface area contributed by atoms with Gasteiger partial charge in [-0.25, -0.2) is 4.98 Å². The van der Waals surface area contributed by atoms with Crippen LogP contribution >= 0.6 is 11.6 Å². The van der Waals surface area contributed by atoms with Gasteiger partial charge in [0.25, 0.3) is 0 Å². The average molecular weight is 227 g/mol. The maximum atomic E-state index is 5.87. The van der Waals surface area contributed by atoms with Crippen molar-refractivity contribution in [1.29, 1.82) is 0 Å². The van der Waals surface area contributed by atoms with Gasteiger partial charge in [-0.15, -0.1) is 0 Å². The summed E-state index contributed by atoms with van der Waals surface area (Å²) >= 11 is 5.87. The van der Waals surface area contributed by atoms with Gasteiger partial charge in [0.1, 0.15) is 5.15 Å². The van der Waals surface area contributed by atoms with E-state index >= 15 is 0 Å². The zero-order valence-electron chi connectivity index (χ0n) is 10.1. The lowest BCUT2D eigenvalue weighted by Gasteiger charge is -2.36. The SMILES string of the molecule is CC(N(C)c1ccnc(Cl)c1)C(C)(C)C. The number of nitrogens with zero attached hydrogens (tertiary/aromatic N) is 2. The highest BCUT2D eigenvalue weighted by atomic mass is 35.5. The van der Waals surface area contributed by atoms with Gasteiger partial charge in [-0.05, 0) is 24.5 Å². The van der Waals surface area contributed by atoms with Crippen molar-refractivity contribution in [3.8, 4) is 0 Å². The third-order valence-corrected chi connectivity index (χ3v) is 3.16. The molecule has 0 spiro atoms. The Morgan fingerprint density at radius 3 is 2.47 bits per heavy atom. The van der Waals surface area contributed by atoms with Crippen molar-refractivity contribution in [1.82, 2.24) is 4.98 Å². The van der Waals surface area contributed by atoms with E-state index in [0.717, 1.165) is 5.69 Å². The smallest absolute Gasteiger partial charge is 0.131 e. The number of halogens is 1. The summed E-state index contributed by atoms with van der Waals surface area (Å²) in [6.45, 7) is 8.92. The van der Waals surface area contributed by atoms with Gasteiger partial charge in [-0.1, -0.05) is 32.4 Å². The molecule has 1 aromatic rings. The fraction of sp³-hybridized carbons (Fsp3) is 0.583. The van der Waals surface area contributed by atoms with E-state index in [1.165, 1.54) is 0 Å². The van der Waals surface area contributed by atoms with Crippen molar-refractivity contribution < 1.29 is 0 Å². The van der Waals surface area contributed by atoms with Crippen LogP contribution in [0.15, 0.2) is 18.3 Å². The molecule has 0 aliphatic rings. The summed E-state index contributed by atoms with van der Waals surface area (Å²) in [5.41, 5.74) is 1.35. The van der Waals surface area contributed by atoms with Crippen molar-refractivity contribution >= 4 is 17.3 Å². The minimum absolute atomic E-state index is 0.241. The first-order valence-electron chi connectivity index (χ1n) is 5.17. The van der Waals surface area contributed by atoms with E-state index in [1.807, 2.05) is 12.1 Å². The molecule has 84 valence electrons. The summed E-state index contributed by atoms with van der Waals surface area (Å²) in [6, 6.07) is 4.31. The Kier molecular flexibility index (Phi) is 3.61. The average Bonchev–Trinajstić information content (AvgIpc) is 2.14. The molecule has 1 atom stereocenters. The van der Waals surface area contributed by atoms with Gasteiger partial charge in [0, 0.05) is 25.0 Å². The molecule has 0 aliphatic heterocycles. The molecule has 3 heteroatoms. The predicted octanol–water partition coefficient (Wildman–Crippen LogP) is 3.61. The lowest BCUT2D eigenvalue weighted by atomic mass is 9.87. The Morgan fingerprint density at radius 1 is 1.40 bits per heavy atom. The van der Waals surface area contributed by atoms with E-state index in [1.54, 1.807) is 6.20 Å². The summed E-state index contributed by atoms with van der Waals surface area (Å²) in [6.07, 6.45) is 1.74. The standard InChI is InChI=1S/C12H19ClN2/c1-9(12(2,3)4)15(5)10-6-7-14-11(13)8-10/h6-9H,1-5H3. The van der Waals surface area contributed by atoms with E-state index in [4.69, 9.17) is 11.6 Å². The molecule has 0 fully saturated rings. The molecule has 0 saturated heterocycles. The summed E-state index contributed by atoms with van der Waals surface area (Å²) in [7, 11) is 2.08. The topological polar surface area (TPSA) is 16.1 Å². The van der Waals surface area contributed by atoms with E-state index < -0.39 is 0 Å². The van der Waals surface area contributed by atoms with Crippen LogP contribution in [0.2, 0.25) is 5.15 Å². The zero-order valence-corrected chi connectivity index (χ0v) is 10.8. The fourth-order valence-corrected chi connectivity index (χ4v) is 1.58. The molecule has 1 aromatic heterocycles. The van der Waals surface area contributed by atoms with Crippen molar-refractivity contribution in [3.63, 3.8) is 0 Å². The number of hydrogen-bond donors (Lipinski definition) is 0. The Balaban J connectivity index is 2.90. The molecule has 0 aliphatic carbocycles. The third-order valence-electron chi connectivity index (χ3n) is 2.95. The largest absolute Gasteiger partial charge is 0.371 e. The van der Waals surface area contributed by atoms with E-state index in [0.29, 0.717) is 11.2 Å². The van der Waals surface area contributed by atoms with Crippen molar-refractivity contribution in [2.24, 2.45) is 5.41 Å². The van der Waals surface area contributed by atoms with Crippen LogP contribution in [0.25, 0.3) is 0 Å². The first-order valence-corrected chi connectivity index (χ1v) is 5.54. The van der Waals surface area contributed by atoms with E-state index in [2.05, 4.69) is 44.6 Å². The number of hydrogen-bond acceptors (Lipinski definition) is 2. The highest BCUT2D eigenvalue weighted by molar-refractivity contribution is 6.29. The Labute approximate surface area is 97.3 Å². The van der Waals surface area contributed by atoms with E-state index in [9.17, 15) is 0 Å². The summed E-state index contributed by atoms with van der Waals surface area (Å²) in [5, 5.41) is 0.542. The lowest BCUT2D eigenvalue weighted by molar-refractivity contribution is 0.330. The minimum atomic E-state index is 0.241. The van der Waals surface area contributed by atoms with Gasteiger partial charge in [0.15, 0.2) is 0 Å². The van der Waals surface area contributed by atoms with Crippen LogP contribution in [-0.2, 0) is 0 Å². The molecular weight excluding hydrogens is 208 g/mol. The number of pyridine rings is 1. The second-order valence-corrected chi connectivity index (χ2v) is 5.38. The molecule has 1 unspecified atom stereocenters. The maximum Gasteiger partial charge on any atom is 0.131 e. The highest BCUT2D eigenvalue weighted by Crippen LogP contribution is 2.27. The quantitative estimate of drug-likeness (QED) is 0.717. The summed E-state index contributed by atoms with van der Waals surface area (Å²) in [4.78, 5) is 6.21. The van der Waals surface area contributed by atoms with Gasteiger partial charge in [0.05, 0.1) is 0 Å². The number of rotatable bonds is 2. The second kappa shape index (κ2) is 4.40. The summed E-state index contributed by atoms with van der Waals surface area (Å²) < 4.78 is 0. The normalized spacial score (nSPS) is 13.7. The van der Waals surface area contributed by atoms with Crippen LogP contribution in [0.3, 0.4) is 0 Å². The molecule has 0 aromatic carbocycles. The Hall–Kier alpha value is -0.760. The van der Waals surface area contributed by atoms with Gasteiger partial charge in [0.2, 0.25) is 0 Å². The maximum absolute atomic E-state index is 5.87. The van der Waals surface area contributed by atoms with Crippen LogP contribution in [0.4, 0.5) is 5.69 Å². The van der Waals surface area contributed by atoms with Crippen LogP contribution in [0.1, 0.15) is 27.7 Å². The van der Waals surface area contributed by atoms with Crippen LogP contribution in [-0.4, -0.2) is 18.1 Å². The predicted molar refractivity (Wildman–Crippen MR) is 66.6 cm³/mol. The molecule has 0 bridgehead atoms. The zero-order chi connectivity index (χ0) is 11.6. The summed E-state index contributed by atoms with van der Waals surface area (Å²) in [5.74, 6) is 0. The molecule has 0 radical (unpaired) electrons. The van der Waals surface area contributed by atoms with Crippen molar-refractivity contribution in [3.05, 3.63) is 23.5 Å². The number of anilines is 1. The van der Waals surface area contributed by atoms with E-state index in [-0.39, 0.29) is 5.41 Å². The monoisotopic (exact) mass is 226 g/mol. The van der Waals surface area contributed by atoms with Gasteiger partial charge >= 0.3 is 0 Å². The highest BCUT2D eigenvalue weighted by Gasteiger charge is 2.24. The van der Waals surface area contributed by atoms with Gasteiger partial charge < -0.3 is 4.90 Å². The second-order valence-electron chi connectivity index (χ2n) is 4.99. The van der Waals surface area contributed by atoms with Crippen LogP contribution < -0.4 is 4.90 Å². The molecule has 0 saturated carbocycles. The minimum Gasteiger partial charge on any atom is -0.371 e. The first kappa shape index (κ1) is 12.3. The fourth-order valence-electron chi connectivity index (χ4n) is 1.42. The molecule has 0 N–H and O–H groups in total. The molecular formula is C12H19ClN2. The molecule has 2 nitrogen and oxygen atoms in total. The van der Waals surface area contributed by atoms with Crippen molar-refractivity contribution in [2.45, 2.75) is 33.7 Å². The lowest BCUT2D eigenvalue weighted by Crippen LogP contribution is -2.39. The molecule has 0 amide bonds. The molecule has 1 heterocycles. The molecule has 15 heavy (non-hydrogen) atoms. The van der Waals surface area contributed by atoms with Crippen molar-refractivity contribution in [2.75, 3.05) is 11.9 Å². The molecule has 1 rings (SSSR count). The van der Waals surface area contributed by atoms with Crippen LogP contribution in [0.5, 0.6) is 0 Å². The Bertz CT molecular complexity index is 331. The first-order chi connectivity index (χ1) is 6.82. The Morgan fingerprint density at radius 2 is 2.00 bits per heavy atom. The third kappa shape index (κ3) is 3.10. The van der Waals surface area contributed by atoms with Crippen LogP contribution in [0, 0.1) is 5.41 Å². The number of aromatic nitrogens is 1.